The first kappa shape index (κ1) is 20.3. The zero-order valence-corrected chi connectivity index (χ0v) is 16.7. The maximum Gasteiger partial charge on any atom is 0.329 e. The van der Waals surface area contributed by atoms with Crippen LogP contribution >= 0.6 is 0 Å². The number of nitrogens with zero attached hydrogens (tertiary/aromatic N) is 1. The van der Waals surface area contributed by atoms with Gasteiger partial charge in [0, 0.05) is 35.2 Å². The lowest BCUT2D eigenvalue weighted by molar-refractivity contribution is -0.147. The van der Waals surface area contributed by atoms with Gasteiger partial charge in [-0.2, -0.15) is 0 Å². The normalized spacial score (nSPS) is 11.9. The molecule has 1 amide bonds. The number of halogens is 1. The molecule has 0 aliphatic heterocycles. The third kappa shape index (κ3) is 4.80. The molecular weight excluding hydrogens is 401 g/mol. The van der Waals surface area contributed by atoms with Crippen molar-refractivity contribution in [2.45, 2.75) is 26.0 Å². The summed E-state index contributed by atoms with van der Waals surface area (Å²) in [4.78, 5) is 28.7. The minimum absolute atomic E-state index is 0.0764. The number of aromatic nitrogens is 2. The van der Waals surface area contributed by atoms with Gasteiger partial charge in [-0.25, -0.2) is 9.18 Å². The summed E-state index contributed by atoms with van der Waals surface area (Å²) in [6.45, 7) is 1.66. The van der Waals surface area contributed by atoms with E-state index in [9.17, 15) is 14.0 Å². The first-order valence-electron chi connectivity index (χ1n) is 9.70. The Hall–Kier alpha value is -3.94. The molecule has 0 unspecified atom stereocenters. The summed E-state index contributed by atoms with van der Waals surface area (Å²) < 4.78 is 23.5. The number of fused-ring (bicyclic) bond motifs is 1. The van der Waals surface area contributed by atoms with Crippen LogP contribution in [-0.2, 0) is 22.6 Å². The van der Waals surface area contributed by atoms with Gasteiger partial charge < -0.3 is 19.6 Å². The highest BCUT2D eigenvalue weighted by atomic mass is 19.1. The van der Waals surface area contributed by atoms with Crippen molar-refractivity contribution in [3.63, 3.8) is 0 Å². The predicted molar refractivity (Wildman–Crippen MR) is 111 cm³/mol. The van der Waals surface area contributed by atoms with Crippen molar-refractivity contribution in [2.24, 2.45) is 0 Å². The number of carbonyl (C=O) groups excluding carboxylic acids is 2. The highest BCUT2D eigenvalue weighted by Gasteiger charge is 2.25. The summed E-state index contributed by atoms with van der Waals surface area (Å²) in [5.41, 5.74) is 2.49. The van der Waals surface area contributed by atoms with Crippen LogP contribution in [0.5, 0.6) is 0 Å². The number of hydrogen-bond acceptors (Lipinski definition) is 5. The smallest absolute Gasteiger partial charge is 0.329 e. The summed E-state index contributed by atoms with van der Waals surface area (Å²) in [6, 6.07) is 13.5. The van der Waals surface area contributed by atoms with Gasteiger partial charge in [-0.1, -0.05) is 23.4 Å². The molecule has 31 heavy (non-hydrogen) atoms. The van der Waals surface area contributed by atoms with Crippen molar-refractivity contribution in [3.05, 3.63) is 89.2 Å². The van der Waals surface area contributed by atoms with Gasteiger partial charge >= 0.3 is 5.97 Å². The van der Waals surface area contributed by atoms with E-state index in [0.29, 0.717) is 11.5 Å². The molecule has 2 aromatic heterocycles. The number of rotatable bonds is 7. The average molecular weight is 421 g/mol. The number of esters is 1. The number of aromatic amines is 1. The number of nitrogens with one attached hydrogen (secondary N) is 2. The van der Waals surface area contributed by atoms with Crippen molar-refractivity contribution >= 4 is 22.8 Å². The standard InChI is InChI=1S/C23H20FN3O4/c1-14-10-18(27-31-14)13-30-23(29)21(26-22(28)15-6-8-17(24)9-7-15)11-16-12-25-20-5-3-2-4-19(16)20/h2-10,12,21,25H,11,13H2,1H3,(H,26,28)/t21-/m1/s1. The number of H-pyrrole nitrogens is 1. The topological polar surface area (TPSA) is 97.2 Å². The minimum atomic E-state index is -0.954. The van der Waals surface area contributed by atoms with Crippen LogP contribution in [0.25, 0.3) is 10.9 Å². The second-order valence-electron chi connectivity index (χ2n) is 7.13. The van der Waals surface area contributed by atoms with E-state index >= 15 is 0 Å². The van der Waals surface area contributed by atoms with Crippen LogP contribution in [0, 0.1) is 12.7 Å². The number of carbonyl (C=O) groups is 2. The zero-order chi connectivity index (χ0) is 21.8. The molecule has 0 radical (unpaired) electrons. The van der Waals surface area contributed by atoms with Gasteiger partial charge in [0.1, 0.15) is 29.9 Å². The van der Waals surface area contributed by atoms with E-state index in [1.807, 2.05) is 24.3 Å². The van der Waals surface area contributed by atoms with E-state index in [2.05, 4.69) is 15.5 Å². The van der Waals surface area contributed by atoms with Gasteiger partial charge in [0.05, 0.1) is 0 Å². The fraction of sp³-hybridized carbons (Fsp3) is 0.174. The Morgan fingerprint density at radius 1 is 1.19 bits per heavy atom. The van der Waals surface area contributed by atoms with Crippen molar-refractivity contribution in [3.8, 4) is 0 Å². The van der Waals surface area contributed by atoms with Gasteiger partial charge in [-0.3, -0.25) is 4.79 Å². The Morgan fingerprint density at radius 3 is 2.71 bits per heavy atom. The van der Waals surface area contributed by atoms with E-state index in [-0.39, 0.29) is 18.6 Å². The van der Waals surface area contributed by atoms with E-state index in [4.69, 9.17) is 9.26 Å². The quantitative estimate of drug-likeness (QED) is 0.444. The highest BCUT2D eigenvalue weighted by Crippen LogP contribution is 2.20. The number of benzene rings is 2. The Bertz CT molecular complexity index is 1210. The van der Waals surface area contributed by atoms with Crippen molar-refractivity contribution in [1.82, 2.24) is 15.5 Å². The molecule has 0 aliphatic carbocycles. The SMILES string of the molecule is Cc1cc(COC(=O)[C@@H](Cc2c[nH]c3ccccc23)NC(=O)c2ccc(F)cc2)no1. The summed E-state index contributed by atoms with van der Waals surface area (Å²) in [7, 11) is 0. The number of ether oxygens (including phenoxy) is 1. The van der Waals surface area contributed by atoms with E-state index in [1.165, 1.54) is 24.3 Å². The van der Waals surface area contributed by atoms with Gasteiger partial charge in [0.15, 0.2) is 0 Å². The maximum atomic E-state index is 13.2. The van der Waals surface area contributed by atoms with Crippen LogP contribution in [0.2, 0.25) is 0 Å². The Balaban J connectivity index is 1.53. The average Bonchev–Trinajstić information content (AvgIpc) is 3.38. The molecule has 0 bridgehead atoms. The minimum Gasteiger partial charge on any atom is -0.458 e. The van der Waals surface area contributed by atoms with Crippen LogP contribution in [0.1, 0.15) is 27.4 Å². The van der Waals surface area contributed by atoms with Crippen LogP contribution in [-0.4, -0.2) is 28.1 Å². The van der Waals surface area contributed by atoms with E-state index in [0.717, 1.165) is 16.5 Å². The molecule has 0 aliphatic rings. The fourth-order valence-corrected chi connectivity index (χ4v) is 3.29. The molecule has 8 heteroatoms. The lowest BCUT2D eigenvalue weighted by Gasteiger charge is -2.17. The number of para-hydroxylation sites is 1. The maximum absolute atomic E-state index is 13.2. The Labute approximate surface area is 177 Å². The van der Waals surface area contributed by atoms with Gasteiger partial charge in [-0.15, -0.1) is 0 Å². The molecule has 7 nitrogen and oxygen atoms in total. The third-order valence-electron chi connectivity index (χ3n) is 4.83. The summed E-state index contributed by atoms with van der Waals surface area (Å²) in [5, 5.41) is 7.45. The number of aryl methyl sites for hydroxylation is 1. The predicted octanol–water partition coefficient (Wildman–Crippen LogP) is 3.69. The number of amides is 1. The number of hydrogen-bond donors (Lipinski definition) is 2. The molecule has 1 atom stereocenters. The highest BCUT2D eigenvalue weighted by molar-refractivity contribution is 5.97. The van der Waals surface area contributed by atoms with E-state index in [1.54, 1.807) is 19.2 Å². The van der Waals surface area contributed by atoms with Crippen LogP contribution < -0.4 is 5.32 Å². The molecule has 2 aromatic carbocycles. The Kier molecular flexibility index (Phi) is 5.79. The zero-order valence-electron chi connectivity index (χ0n) is 16.7. The molecule has 0 saturated carbocycles. The van der Waals surface area contributed by atoms with Gasteiger partial charge in [-0.05, 0) is 42.8 Å². The molecule has 2 N–H and O–H groups in total. The summed E-state index contributed by atoms with van der Waals surface area (Å²) >= 11 is 0. The second-order valence-corrected chi connectivity index (χ2v) is 7.13. The first-order chi connectivity index (χ1) is 15.0. The molecular formula is C23H20FN3O4. The molecule has 2 heterocycles. The molecule has 4 rings (SSSR count). The first-order valence-corrected chi connectivity index (χ1v) is 9.70. The van der Waals surface area contributed by atoms with E-state index < -0.39 is 23.7 Å². The van der Waals surface area contributed by atoms with Crippen molar-refractivity contribution in [2.75, 3.05) is 0 Å². The lowest BCUT2D eigenvalue weighted by Crippen LogP contribution is -2.43. The van der Waals surface area contributed by atoms with Crippen molar-refractivity contribution in [1.29, 1.82) is 0 Å². The monoisotopic (exact) mass is 421 g/mol. The molecule has 0 saturated heterocycles. The molecule has 0 fully saturated rings. The van der Waals surface area contributed by atoms with Crippen molar-refractivity contribution < 1.29 is 23.2 Å². The lowest BCUT2D eigenvalue weighted by atomic mass is 10.0. The fourth-order valence-electron chi connectivity index (χ4n) is 3.29. The van der Waals surface area contributed by atoms with Crippen LogP contribution in [0.3, 0.4) is 0 Å². The van der Waals surface area contributed by atoms with Crippen LogP contribution in [0.15, 0.2) is 65.3 Å². The third-order valence-corrected chi connectivity index (χ3v) is 4.83. The second kappa shape index (κ2) is 8.83. The largest absolute Gasteiger partial charge is 0.458 e. The summed E-state index contributed by atoms with van der Waals surface area (Å²) in [5.74, 6) is -0.958. The van der Waals surface area contributed by atoms with Gasteiger partial charge in [0.25, 0.3) is 5.91 Å². The molecule has 0 spiro atoms. The molecule has 158 valence electrons. The molecule has 4 aromatic rings. The van der Waals surface area contributed by atoms with Gasteiger partial charge in [0.2, 0.25) is 0 Å². The van der Waals surface area contributed by atoms with Crippen LogP contribution in [0.4, 0.5) is 4.39 Å². The Morgan fingerprint density at radius 2 is 1.97 bits per heavy atom. The summed E-state index contributed by atoms with van der Waals surface area (Å²) in [6.07, 6.45) is 2.02.